The van der Waals surface area contributed by atoms with Crippen LogP contribution in [0.5, 0.6) is 5.75 Å². The Labute approximate surface area is 136 Å². The standard InChI is InChI=1S/C15H13ClN4O3/c1-10-8-14(19-23-10)17-15(21)13-6-7-20(18-13)9-22-12-4-2-11(16)3-5-12/h2-8H,9H2,1H3,(H,17,19,21). The van der Waals surface area contributed by atoms with Crippen molar-refractivity contribution in [3.05, 3.63) is 59.1 Å². The van der Waals surface area contributed by atoms with E-state index in [0.717, 1.165) is 0 Å². The van der Waals surface area contributed by atoms with Gasteiger partial charge in [-0.05, 0) is 37.3 Å². The Morgan fingerprint density at radius 2 is 2.13 bits per heavy atom. The van der Waals surface area contributed by atoms with Crippen LogP contribution in [-0.4, -0.2) is 20.8 Å². The van der Waals surface area contributed by atoms with E-state index >= 15 is 0 Å². The first kappa shape index (κ1) is 15.1. The van der Waals surface area contributed by atoms with E-state index in [0.29, 0.717) is 22.4 Å². The van der Waals surface area contributed by atoms with Crippen molar-refractivity contribution in [3.8, 4) is 5.75 Å². The number of aryl methyl sites for hydroxylation is 1. The molecular weight excluding hydrogens is 320 g/mol. The summed E-state index contributed by atoms with van der Waals surface area (Å²) < 4.78 is 11.9. The molecule has 1 N–H and O–H groups in total. The SMILES string of the molecule is Cc1cc(NC(=O)c2ccn(COc3ccc(Cl)cc3)n2)no1. The van der Waals surface area contributed by atoms with E-state index in [1.165, 1.54) is 4.68 Å². The van der Waals surface area contributed by atoms with E-state index in [1.807, 2.05) is 0 Å². The summed E-state index contributed by atoms with van der Waals surface area (Å²) in [6, 6.07) is 10.2. The van der Waals surface area contributed by atoms with Crippen LogP contribution in [-0.2, 0) is 6.73 Å². The van der Waals surface area contributed by atoms with Crippen molar-refractivity contribution in [2.45, 2.75) is 13.7 Å². The second-order valence-corrected chi connectivity index (χ2v) is 5.18. The van der Waals surface area contributed by atoms with Gasteiger partial charge in [-0.2, -0.15) is 5.10 Å². The van der Waals surface area contributed by atoms with Crippen LogP contribution in [0.3, 0.4) is 0 Å². The molecule has 0 saturated carbocycles. The Kier molecular flexibility index (Phi) is 4.29. The summed E-state index contributed by atoms with van der Waals surface area (Å²) in [6.45, 7) is 1.92. The summed E-state index contributed by atoms with van der Waals surface area (Å²) in [5.74, 6) is 1.25. The molecule has 0 aliphatic heterocycles. The Morgan fingerprint density at radius 3 is 2.83 bits per heavy atom. The topological polar surface area (TPSA) is 82.2 Å². The fraction of sp³-hybridized carbons (Fsp3) is 0.133. The van der Waals surface area contributed by atoms with Crippen LogP contribution in [0.15, 0.2) is 47.1 Å². The third kappa shape index (κ3) is 3.89. The highest BCUT2D eigenvalue weighted by Gasteiger charge is 2.12. The fourth-order valence-corrected chi connectivity index (χ4v) is 1.96. The van der Waals surface area contributed by atoms with Gasteiger partial charge >= 0.3 is 0 Å². The maximum atomic E-state index is 12.0. The van der Waals surface area contributed by atoms with E-state index in [4.69, 9.17) is 20.9 Å². The molecule has 0 fully saturated rings. The zero-order valence-corrected chi connectivity index (χ0v) is 12.9. The van der Waals surface area contributed by atoms with Crippen LogP contribution in [0.4, 0.5) is 5.82 Å². The fourth-order valence-electron chi connectivity index (χ4n) is 1.83. The van der Waals surface area contributed by atoms with Crippen LogP contribution >= 0.6 is 11.6 Å². The lowest BCUT2D eigenvalue weighted by molar-refractivity contribution is 0.101. The number of carbonyl (C=O) groups is 1. The van der Waals surface area contributed by atoms with Crippen LogP contribution in [0, 0.1) is 6.92 Å². The summed E-state index contributed by atoms with van der Waals surface area (Å²) in [5, 5.41) is 11.1. The van der Waals surface area contributed by atoms with E-state index in [-0.39, 0.29) is 18.3 Å². The monoisotopic (exact) mass is 332 g/mol. The number of nitrogens with one attached hydrogen (secondary N) is 1. The van der Waals surface area contributed by atoms with Gasteiger partial charge in [0.2, 0.25) is 0 Å². The Morgan fingerprint density at radius 1 is 1.35 bits per heavy atom. The number of hydrogen-bond donors (Lipinski definition) is 1. The predicted octanol–water partition coefficient (Wildman–Crippen LogP) is 3.12. The smallest absolute Gasteiger partial charge is 0.277 e. The average molecular weight is 333 g/mol. The van der Waals surface area contributed by atoms with E-state index in [1.54, 1.807) is 49.5 Å². The highest BCUT2D eigenvalue weighted by atomic mass is 35.5. The molecule has 0 radical (unpaired) electrons. The van der Waals surface area contributed by atoms with Gasteiger partial charge < -0.3 is 14.6 Å². The molecule has 0 unspecified atom stereocenters. The first-order chi connectivity index (χ1) is 11.1. The second-order valence-electron chi connectivity index (χ2n) is 4.74. The van der Waals surface area contributed by atoms with Crippen LogP contribution in [0.25, 0.3) is 0 Å². The molecule has 0 atom stereocenters. The number of anilines is 1. The Balaban J connectivity index is 1.59. The third-order valence-electron chi connectivity index (χ3n) is 2.92. The van der Waals surface area contributed by atoms with Crippen molar-refractivity contribution in [1.82, 2.24) is 14.9 Å². The zero-order chi connectivity index (χ0) is 16.2. The maximum absolute atomic E-state index is 12.0. The first-order valence-corrected chi connectivity index (χ1v) is 7.14. The van der Waals surface area contributed by atoms with E-state index < -0.39 is 0 Å². The molecule has 2 heterocycles. The lowest BCUT2D eigenvalue weighted by atomic mass is 10.3. The number of aromatic nitrogens is 3. The van der Waals surface area contributed by atoms with Crippen molar-refractivity contribution < 1.29 is 14.1 Å². The molecule has 23 heavy (non-hydrogen) atoms. The number of benzene rings is 1. The van der Waals surface area contributed by atoms with Crippen molar-refractivity contribution >= 4 is 23.3 Å². The van der Waals surface area contributed by atoms with Gasteiger partial charge in [-0.1, -0.05) is 16.8 Å². The molecule has 0 bridgehead atoms. The quantitative estimate of drug-likeness (QED) is 0.776. The molecule has 2 aromatic heterocycles. The number of halogens is 1. The molecule has 0 saturated heterocycles. The summed E-state index contributed by atoms with van der Waals surface area (Å²) >= 11 is 5.81. The number of amides is 1. The van der Waals surface area contributed by atoms with Gasteiger partial charge in [-0.25, -0.2) is 4.68 Å². The Hall–Kier alpha value is -2.80. The van der Waals surface area contributed by atoms with Crippen molar-refractivity contribution in [2.75, 3.05) is 5.32 Å². The molecule has 0 aliphatic rings. The summed E-state index contributed by atoms with van der Waals surface area (Å²) in [6.07, 6.45) is 1.65. The Bertz CT molecular complexity index is 810. The van der Waals surface area contributed by atoms with Crippen LogP contribution in [0.1, 0.15) is 16.2 Å². The summed E-state index contributed by atoms with van der Waals surface area (Å²) in [4.78, 5) is 12.0. The molecule has 3 rings (SSSR count). The third-order valence-corrected chi connectivity index (χ3v) is 3.17. The van der Waals surface area contributed by atoms with Gasteiger partial charge in [0.25, 0.3) is 5.91 Å². The molecule has 8 heteroatoms. The highest BCUT2D eigenvalue weighted by Crippen LogP contribution is 2.16. The van der Waals surface area contributed by atoms with Gasteiger partial charge in [-0.3, -0.25) is 4.79 Å². The molecule has 3 aromatic rings. The van der Waals surface area contributed by atoms with Gasteiger partial charge in [0.15, 0.2) is 18.2 Å². The molecule has 7 nitrogen and oxygen atoms in total. The van der Waals surface area contributed by atoms with Gasteiger partial charge in [0.1, 0.15) is 11.5 Å². The zero-order valence-electron chi connectivity index (χ0n) is 12.2. The minimum absolute atomic E-state index is 0.179. The van der Waals surface area contributed by atoms with Gasteiger partial charge in [0.05, 0.1) is 0 Å². The highest BCUT2D eigenvalue weighted by molar-refractivity contribution is 6.30. The maximum Gasteiger partial charge on any atom is 0.277 e. The summed E-state index contributed by atoms with van der Waals surface area (Å²) in [7, 11) is 0. The molecule has 0 aliphatic carbocycles. The number of ether oxygens (including phenoxy) is 1. The molecular formula is C15H13ClN4O3. The van der Waals surface area contributed by atoms with Crippen molar-refractivity contribution in [2.24, 2.45) is 0 Å². The second kappa shape index (κ2) is 6.53. The number of nitrogens with zero attached hydrogens (tertiary/aromatic N) is 3. The van der Waals surface area contributed by atoms with Crippen molar-refractivity contribution in [3.63, 3.8) is 0 Å². The van der Waals surface area contributed by atoms with E-state index in [2.05, 4.69) is 15.6 Å². The van der Waals surface area contributed by atoms with Crippen LogP contribution in [0.2, 0.25) is 5.02 Å². The largest absolute Gasteiger partial charge is 0.471 e. The van der Waals surface area contributed by atoms with Crippen molar-refractivity contribution in [1.29, 1.82) is 0 Å². The first-order valence-electron chi connectivity index (χ1n) is 6.76. The number of carbonyl (C=O) groups excluding carboxylic acids is 1. The molecule has 1 aromatic carbocycles. The minimum atomic E-state index is -0.372. The number of hydrogen-bond acceptors (Lipinski definition) is 5. The van der Waals surface area contributed by atoms with E-state index in [9.17, 15) is 4.79 Å². The minimum Gasteiger partial charge on any atom is -0.471 e. The molecule has 118 valence electrons. The lowest BCUT2D eigenvalue weighted by Crippen LogP contribution is -2.14. The number of rotatable bonds is 5. The summed E-state index contributed by atoms with van der Waals surface area (Å²) in [5.41, 5.74) is 0.255. The molecule has 0 spiro atoms. The molecule has 1 amide bonds. The van der Waals surface area contributed by atoms with Gasteiger partial charge in [0, 0.05) is 17.3 Å². The van der Waals surface area contributed by atoms with Gasteiger partial charge in [-0.15, -0.1) is 0 Å². The normalized spacial score (nSPS) is 10.5. The van der Waals surface area contributed by atoms with Crippen LogP contribution < -0.4 is 10.1 Å². The lowest BCUT2D eigenvalue weighted by Gasteiger charge is -2.05. The average Bonchev–Trinajstić information content (AvgIpc) is 3.16. The predicted molar refractivity (Wildman–Crippen MR) is 83.5 cm³/mol.